The van der Waals surface area contributed by atoms with E-state index >= 15 is 0 Å². The fourth-order valence-corrected chi connectivity index (χ4v) is 2.30. The van der Waals surface area contributed by atoms with Crippen molar-refractivity contribution in [3.63, 3.8) is 0 Å². The second-order valence-electron chi connectivity index (χ2n) is 5.85. The Kier molecular flexibility index (Phi) is 10.5. The van der Waals surface area contributed by atoms with Crippen molar-refractivity contribution in [3.8, 4) is 0 Å². The number of carbonyl (C=O) groups is 2. The Labute approximate surface area is 143 Å². The van der Waals surface area contributed by atoms with Crippen molar-refractivity contribution in [2.45, 2.75) is 58.3 Å². The largest absolute Gasteiger partial charge is 0.466 e. The summed E-state index contributed by atoms with van der Waals surface area (Å²) in [5, 5.41) is 2.62. The van der Waals surface area contributed by atoms with E-state index in [1.807, 2.05) is 0 Å². The van der Waals surface area contributed by atoms with Crippen LogP contribution in [-0.4, -0.2) is 25.0 Å². The standard InChI is InChI=1S/C19H28FNO3/c1-2-3-4-5-6-7-8-15-24-18(22)13-14-21-19(23)16-9-11-17(20)12-10-16/h9-12H,2-8,13-15H2,1H3,(H,21,23). The van der Waals surface area contributed by atoms with Gasteiger partial charge in [0.15, 0.2) is 0 Å². The van der Waals surface area contributed by atoms with Crippen molar-refractivity contribution in [2.75, 3.05) is 13.2 Å². The molecule has 0 aliphatic rings. The van der Waals surface area contributed by atoms with Crippen LogP contribution in [0.25, 0.3) is 0 Å². The van der Waals surface area contributed by atoms with Crippen LogP contribution in [0, 0.1) is 5.82 Å². The second-order valence-corrected chi connectivity index (χ2v) is 5.85. The number of unbranched alkanes of at least 4 members (excludes halogenated alkanes) is 6. The maximum absolute atomic E-state index is 12.8. The highest BCUT2D eigenvalue weighted by Gasteiger charge is 2.07. The van der Waals surface area contributed by atoms with Gasteiger partial charge >= 0.3 is 5.97 Å². The van der Waals surface area contributed by atoms with Gasteiger partial charge in [-0.2, -0.15) is 0 Å². The van der Waals surface area contributed by atoms with Crippen LogP contribution >= 0.6 is 0 Å². The third-order valence-electron chi connectivity index (χ3n) is 3.73. The molecule has 0 fully saturated rings. The molecule has 0 aliphatic heterocycles. The Balaban J connectivity index is 2.01. The summed E-state index contributed by atoms with van der Waals surface area (Å²) < 4.78 is 17.9. The molecule has 1 rings (SSSR count). The first-order valence-electron chi connectivity index (χ1n) is 8.83. The minimum atomic E-state index is -0.388. The zero-order valence-electron chi connectivity index (χ0n) is 14.5. The molecule has 0 saturated carbocycles. The second kappa shape index (κ2) is 12.5. The molecule has 0 aromatic heterocycles. The van der Waals surface area contributed by atoms with Crippen LogP contribution in [0.5, 0.6) is 0 Å². The van der Waals surface area contributed by atoms with Crippen LogP contribution in [0.1, 0.15) is 68.6 Å². The van der Waals surface area contributed by atoms with Crippen LogP contribution in [0.15, 0.2) is 24.3 Å². The van der Waals surface area contributed by atoms with Gasteiger partial charge in [-0.25, -0.2) is 4.39 Å². The maximum Gasteiger partial charge on any atom is 0.307 e. The molecule has 1 N–H and O–H groups in total. The molecular formula is C19H28FNO3. The van der Waals surface area contributed by atoms with Crippen molar-refractivity contribution in [1.29, 1.82) is 0 Å². The fourth-order valence-electron chi connectivity index (χ4n) is 2.30. The molecule has 1 aromatic rings. The SMILES string of the molecule is CCCCCCCCCOC(=O)CCNC(=O)c1ccc(F)cc1. The highest BCUT2D eigenvalue weighted by Crippen LogP contribution is 2.07. The quantitative estimate of drug-likeness (QED) is 0.458. The maximum atomic E-state index is 12.8. The molecule has 0 radical (unpaired) electrons. The van der Waals surface area contributed by atoms with Crippen molar-refractivity contribution in [1.82, 2.24) is 5.32 Å². The first-order chi connectivity index (χ1) is 11.6. The molecule has 5 heteroatoms. The smallest absolute Gasteiger partial charge is 0.307 e. The van der Waals surface area contributed by atoms with Crippen molar-refractivity contribution in [2.24, 2.45) is 0 Å². The molecule has 0 spiro atoms. The van der Waals surface area contributed by atoms with E-state index in [1.165, 1.54) is 56.4 Å². The van der Waals surface area contributed by atoms with E-state index in [-0.39, 0.29) is 30.7 Å². The molecule has 1 aromatic carbocycles. The van der Waals surface area contributed by atoms with Crippen molar-refractivity contribution >= 4 is 11.9 Å². The number of amides is 1. The van der Waals surface area contributed by atoms with E-state index in [4.69, 9.17) is 4.74 Å². The van der Waals surface area contributed by atoms with E-state index in [9.17, 15) is 14.0 Å². The molecule has 0 aliphatic carbocycles. The third kappa shape index (κ3) is 9.28. The highest BCUT2D eigenvalue weighted by molar-refractivity contribution is 5.94. The Morgan fingerprint density at radius 1 is 1.00 bits per heavy atom. The van der Waals surface area contributed by atoms with Gasteiger partial charge in [0.2, 0.25) is 0 Å². The molecule has 0 bridgehead atoms. The Bertz CT molecular complexity index is 488. The average Bonchev–Trinajstić information content (AvgIpc) is 2.57. The summed E-state index contributed by atoms with van der Waals surface area (Å²) in [6.45, 7) is 2.85. The predicted molar refractivity (Wildman–Crippen MR) is 92.3 cm³/mol. The number of hydrogen-bond donors (Lipinski definition) is 1. The van der Waals surface area contributed by atoms with E-state index in [0.29, 0.717) is 12.2 Å². The normalized spacial score (nSPS) is 10.4. The van der Waals surface area contributed by atoms with Gasteiger partial charge in [0.1, 0.15) is 5.82 Å². The Morgan fingerprint density at radius 3 is 2.29 bits per heavy atom. The average molecular weight is 337 g/mol. The van der Waals surface area contributed by atoms with Crippen LogP contribution in [-0.2, 0) is 9.53 Å². The molecule has 0 heterocycles. The zero-order chi connectivity index (χ0) is 17.6. The molecule has 0 unspecified atom stereocenters. The summed E-state index contributed by atoms with van der Waals surface area (Å²) in [6, 6.07) is 5.27. The predicted octanol–water partition coefficient (Wildman–Crippen LogP) is 4.24. The van der Waals surface area contributed by atoms with E-state index in [2.05, 4.69) is 12.2 Å². The molecule has 24 heavy (non-hydrogen) atoms. The number of carbonyl (C=O) groups excluding carboxylic acids is 2. The van der Waals surface area contributed by atoms with E-state index in [1.54, 1.807) is 0 Å². The number of benzene rings is 1. The first-order valence-corrected chi connectivity index (χ1v) is 8.83. The summed E-state index contributed by atoms with van der Waals surface area (Å²) in [5.41, 5.74) is 0.368. The van der Waals surface area contributed by atoms with Gasteiger partial charge in [0, 0.05) is 12.1 Å². The molecule has 0 saturated heterocycles. The van der Waals surface area contributed by atoms with Crippen molar-refractivity contribution in [3.05, 3.63) is 35.6 Å². The lowest BCUT2D eigenvalue weighted by Gasteiger charge is -2.06. The van der Waals surface area contributed by atoms with Crippen LogP contribution < -0.4 is 5.32 Å². The van der Waals surface area contributed by atoms with Crippen LogP contribution in [0.2, 0.25) is 0 Å². The van der Waals surface area contributed by atoms with Gasteiger partial charge in [0.25, 0.3) is 5.91 Å². The Morgan fingerprint density at radius 2 is 1.62 bits per heavy atom. The van der Waals surface area contributed by atoms with Crippen LogP contribution in [0.4, 0.5) is 4.39 Å². The topological polar surface area (TPSA) is 55.4 Å². The fraction of sp³-hybridized carbons (Fsp3) is 0.579. The third-order valence-corrected chi connectivity index (χ3v) is 3.73. The van der Waals surface area contributed by atoms with Gasteiger partial charge in [-0.05, 0) is 30.7 Å². The number of nitrogens with one attached hydrogen (secondary N) is 1. The van der Waals surface area contributed by atoms with Crippen LogP contribution in [0.3, 0.4) is 0 Å². The number of rotatable bonds is 12. The lowest BCUT2D eigenvalue weighted by atomic mass is 10.1. The summed E-state index contributed by atoms with van der Waals surface area (Å²) in [5.74, 6) is -1.02. The van der Waals surface area contributed by atoms with Gasteiger partial charge in [-0.1, -0.05) is 45.4 Å². The summed E-state index contributed by atoms with van der Waals surface area (Å²) in [4.78, 5) is 23.3. The molecule has 134 valence electrons. The molecule has 1 amide bonds. The Hall–Kier alpha value is -1.91. The number of halogens is 1. The van der Waals surface area contributed by atoms with E-state index < -0.39 is 0 Å². The minimum Gasteiger partial charge on any atom is -0.466 e. The van der Waals surface area contributed by atoms with E-state index in [0.717, 1.165) is 12.8 Å². The molecular weight excluding hydrogens is 309 g/mol. The lowest BCUT2D eigenvalue weighted by Crippen LogP contribution is -2.26. The van der Waals surface area contributed by atoms with Gasteiger partial charge in [0.05, 0.1) is 13.0 Å². The number of esters is 1. The van der Waals surface area contributed by atoms with Gasteiger partial charge in [-0.15, -0.1) is 0 Å². The highest BCUT2D eigenvalue weighted by atomic mass is 19.1. The first kappa shape index (κ1) is 20.1. The monoisotopic (exact) mass is 337 g/mol. The number of hydrogen-bond acceptors (Lipinski definition) is 3. The number of ether oxygens (including phenoxy) is 1. The summed E-state index contributed by atoms with van der Waals surface area (Å²) >= 11 is 0. The minimum absolute atomic E-state index is 0.142. The molecule has 4 nitrogen and oxygen atoms in total. The van der Waals surface area contributed by atoms with Gasteiger partial charge < -0.3 is 10.1 Å². The molecule has 0 atom stereocenters. The lowest BCUT2D eigenvalue weighted by molar-refractivity contribution is -0.143. The zero-order valence-corrected chi connectivity index (χ0v) is 14.5. The van der Waals surface area contributed by atoms with Gasteiger partial charge in [-0.3, -0.25) is 9.59 Å². The summed E-state index contributed by atoms with van der Waals surface area (Å²) in [6.07, 6.45) is 8.36. The summed E-state index contributed by atoms with van der Waals surface area (Å²) in [7, 11) is 0. The van der Waals surface area contributed by atoms with Crippen molar-refractivity contribution < 1.29 is 18.7 Å².